The van der Waals surface area contributed by atoms with Crippen molar-refractivity contribution in [1.82, 2.24) is 15.5 Å². The smallest absolute Gasteiger partial charge is 0.0632 e. The second-order valence-electron chi connectivity index (χ2n) is 4.09. The van der Waals surface area contributed by atoms with Crippen LogP contribution < -0.4 is 10.6 Å². The summed E-state index contributed by atoms with van der Waals surface area (Å²) in [6.07, 6.45) is 1.21. The Morgan fingerprint density at radius 3 is 3.00 bits per heavy atom. The molecule has 1 rings (SSSR count). The van der Waals surface area contributed by atoms with Crippen LogP contribution >= 0.6 is 0 Å². The average molecular weight is 201 g/mol. The third-order valence-electron chi connectivity index (χ3n) is 2.35. The van der Waals surface area contributed by atoms with E-state index in [4.69, 9.17) is 4.74 Å². The predicted octanol–water partition coefficient (Wildman–Crippen LogP) is -0.484. The summed E-state index contributed by atoms with van der Waals surface area (Å²) < 4.78 is 5.37. The first-order valence-corrected chi connectivity index (χ1v) is 5.45. The summed E-state index contributed by atoms with van der Waals surface area (Å²) in [6.45, 7) is 5.97. The second kappa shape index (κ2) is 7.17. The van der Waals surface area contributed by atoms with Gasteiger partial charge in [-0.05, 0) is 33.6 Å². The maximum Gasteiger partial charge on any atom is 0.0632 e. The highest BCUT2D eigenvalue weighted by Crippen LogP contribution is 1.91. The number of hydrogen-bond donors (Lipinski definition) is 2. The third kappa shape index (κ3) is 5.54. The van der Waals surface area contributed by atoms with Crippen LogP contribution in [0.2, 0.25) is 0 Å². The van der Waals surface area contributed by atoms with E-state index in [0.717, 1.165) is 39.4 Å². The largest absolute Gasteiger partial charge is 0.378 e. The van der Waals surface area contributed by atoms with Crippen LogP contribution in [0, 0.1) is 0 Å². The maximum absolute atomic E-state index is 5.37. The third-order valence-corrected chi connectivity index (χ3v) is 2.35. The van der Waals surface area contributed by atoms with Gasteiger partial charge in [0.05, 0.1) is 13.2 Å². The lowest BCUT2D eigenvalue weighted by Gasteiger charge is -2.24. The maximum atomic E-state index is 5.37. The van der Waals surface area contributed by atoms with Gasteiger partial charge in [-0.25, -0.2) is 0 Å². The fraction of sp³-hybridized carbons (Fsp3) is 1.00. The van der Waals surface area contributed by atoms with Crippen LogP contribution in [0.25, 0.3) is 0 Å². The van der Waals surface area contributed by atoms with Crippen LogP contribution in [0.4, 0.5) is 0 Å². The van der Waals surface area contributed by atoms with Crippen molar-refractivity contribution in [2.45, 2.75) is 12.5 Å². The first-order chi connectivity index (χ1) is 6.79. The lowest BCUT2D eigenvalue weighted by molar-refractivity contribution is 0.0767. The topological polar surface area (TPSA) is 36.5 Å². The van der Waals surface area contributed by atoms with Crippen molar-refractivity contribution in [3.63, 3.8) is 0 Å². The molecule has 4 heteroatoms. The van der Waals surface area contributed by atoms with Crippen LogP contribution in [-0.2, 0) is 4.74 Å². The zero-order valence-corrected chi connectivity index (χ0v) is 9.38. The highest BCUT2D eigenvalue weighted by Gasteiger charge is 2.11. The Hall–Kier alpha value is -0.160. The SMILES string of the molecule is CN(C)CCCNCC1COCCN1. The minimum Gasteiger partial charge on any atom is -0.378 e. The molecule has 0 spiro atoms. The van der Waals surface area contributed by atoms with Crippen molar-refractivity contribution >= 4 is 0 Å². The molecule has 1 aliphatic rings. The molecular weight excluding hydrogens is 178 g/mol. The van der Waals surface area contributed by atoms with Gasteiger partial charge < -0.3 is 20.3 Å². The normalized spacial score (nSPS) is 22.9. The van der Waals surface area contributed by atoms with Crippen molar-refractivity contribution in [3.8, 4) is 0 Å². The molecule has 1 unspecified atom stereocenters. The van der Waals surface area contributed by atoms with Gasteiger partial charge in [0.1, 0.15) is 0 Å². The van der Waals surface area contributed by atoms with Gasteiger partial charge in [-0.1, -0.05) is 0 Å². The van der Waals surface area contributed by atoms with Crippen molar-refractivity contribution in [2.24, 2.45) is 0 Å². The molecule has 1 fully saturated rings. The molecule has 0 bridgehead atoms. The minimum absolute atomic E-state index is 0.503. The van der Waals surface area contributed by atoms with E-state index in [9.17, 15) is 0 Å². The van der Waals surface area contributed by atoms with Gasteiger partial charge in [0.15, 0.2) is 0 Å². The molecule has 0 aliphatic carbocycles. The van der Waals surface area contributed by atoms with E-state index in [1.54, 1.807) is 0 Å². The average Bonchev–Trinajstić information content (AvgIpc) is 2.18. The van der Waals surface area contributed by atoms with Gasteiger partial charge in [-0.3, -0.25) is 0 Å². The lowest BCUT2D eigenvalue weighted by Crippen LogP contribution is -2.47. The monoisotopic (exact) mass is 201 g/mol. The zero-order valence-electron chi connectivity index (χ0n) is 9.38. The van der Waals surface area contributed by atoms with Crippen molar-refractivity contribution in [3.05, 3.63) is 0 Å². The Balaban J connectivity index is 1.87. The van der Waals surface area contributed by atoms with Crippen LogP contribution in [-0.4, -0.2) is 64.4 Å². The first kappa shape index (κ1) is 11.9. The van der Waals surface area contributed by atoms with Gasteiger partial charge in [0, 0.05) is 19.1 Å². The number of ether oxygens (including phenoxy) is 1. The summed E-state index contributed by atoms with van der Waals surface area (Å²) in [5.74, 6) is 0. The number of rotatable bonds is 6. The number of hydrogen-bond acceptors (Lipinski definition) is 4. The van der Waals surface area contributed by atoms with E-state index in [1.165, 1.54) is 6.42 Å². The molecule has 0 radical (unpaired) electrons. The Kier molecular flexibility index (Phi) is 6.10. The van der Waals surface area contributed by atoms with Crippen molar-refractivity contribution in [2.75, 3.05) is 53.5 Å². The van der Waals surface area contributed by atoms with Crippen molar-refractivity contribution < 1.29 is 4.74 Å². The molecule has 0 amide bonds. The standard InChI is InChI=1S/C10H23N3O/c1-13(2)6-3-4-11-8-10-9-14-7-5-12-10/h10-12H,3-9H2,1-2H3. The summed E-state index contributed by atoms with van der Waals surface area (Å²) in [5, 5.41) is 6.86. The molecule has 0 aromatic rings. The van der Waals surface area contributed by atoms with E-state index < -0.39 is 0 Å². The van der Waals surface area contributed by atoms with E-state index in [2.05, 4.69) is 29.6 Å². The van der Waals surface area contributed by atoms with Gasteiger partial charge >= 0.3 is 0 Å². The minimum atomic E-state index is 0.503. The second-order valence-corrected chi connectivity index (χ2v) is 4.09. The highest BCUT2D eigenvalue weighted by molar-refractivity contribution is 4.72. The van der Waals surface area contributed by atoms with Crippen molar-refractivity contribution in [1.29, 1.82) is 0 Å². The number of nitrogens with one attached hydrogen (secondary N) is 2. The van der Waals surface area contributed by atoms with E-state index in [-0.39, 0.29) is 0 Å². The fourth-order valence-corrected chi connectivity index (χ4v) is 1.55. The summed E-state index contributed by atoms with van der Waals surface area (Å²) in [7, 11) is 4.22. The van der Waals surface area contributed by atoms with E-state index in [0.29, 0.717) is 6.04 Å². The molecule has 84 valence electrons. The van der Waals surface area contributed by atoms with Crippen LogP contribution in [0.3, 0.4) is 0 Å². The van der Waals surface area contributed by atoms with E-state index >= 15 is 0 Å². The Morgan fingerprint density at radius 1 is 1.50 bits per heavy atom. The molecule has 4 nitrogen and oxygen atoms in total. The predicted molar refractivity (Wildman–Crippen MR) is 58.7 cm³/mol. The summed E-state index contributed by atoms with van der Waals surface area (Å²) in [4.78, 5) is 2.21. The molecule has 14 heavy (non-hydrogen) atoms. The van der Waals surface area contributed by atoms with Gasteiger partial charge in [-0.2, -0.15) is 0 Å². The molecule has 0 aromatic carbocycles. The van der Waals surface area contributed by atoms with E-state index in [1.807, 2.05) is 0 Å². The highest BCUT2D eigenvalue weighted by atomic mass is 16.5. The summed E-state index contributed by atoms with van der Waals surface area (Å²) in [5.41, 5.74) is 0. The molecule has 0 aromatic heterocycles. The van der Waals surface area contributed by atoms with Gasteiger partial charge in [-0.15, -0.1) is 0 Å². The Morgan fingerprint density at radius 2 is 2.36 bits per heavy atom. The quantitative estimate of drug-likeness (QED) is 0.569. The zero-order chi connectivity index (χ0) is 10.2. The lowest BCUT2D eigenvalue weighted by atomic mass is 10.2. The summed E-state index contributed by atoms with van der Waals surface area (Å²) >= 11 is 0. The molecule has 2 N–H and O–H groups in total. The molecule has 1 aliphatic heterocycles. The fourth-order valence-electron chi connectivity index (χ4n) is 1.55. The van der Waals surface area contributed by atoms with Crippen LogP contribution in [0.1, 0.15) is 6.42 Å². The summed E-state index contributed by atoms with van der Waals surface area (Å²) in [6, 6.07) is 0.503. The number of nitrogens with zero attached hydrogens (tertiary/aromatic N) is 1. The Labute approximate surface area is 87.0 Å². The Bertz CT molecular complexity index is 135. The molecule has 0 saturated carbocycles. The molecular formula is C10H23N3O. The first-order valence-electron chi connectivity index (χ1n) is 5.45. The molecule has 1 atom stereocenters. The van der Waals surface area contributed by atoms with Gasteiger partial charge in [0.25, 0.3) is 0 Å². The number of morpholine rings is 1. The van der Waals surface area contributed by atoms with Gasteiger partial charge in [0.2, 0.25) is 0 Å². The van der Waals surface area contributed by atoms with Crippen LogP contribution in [0.15, 0.2) is 0 Å². The molecule has 1 heterocycles. The molecule has 1 saturated heterocycles. The van der Waals surface area contributed by atoms with Crippen LogP contribution in [0.5, 0.6) is 0 Å².